The number of rotatable bonds is 5. The summed E-state index contributed by atoms with van der Waals surface area (Å²) in [6.45, 7) is 11.2. The Bertz CT molecular complexity index is 700. The van der Waals surface area contributed by atoms with Crippen molar-refractivity contribution in [3.8, 4) is 5.75 Å². The van der Waals surface area contributed by atoms with Crippen molar-refractivity contribution < 1.29 is 19.1 Å². The highest BCUT2D eigenvalue weighted by atomic mass is 16.6. The molecule has 1 aliphatic carbocycles. The number of hydrogen-bond acceptors (Lipinski definition) is 4. The second kappa shape index (κ2) is 7.41. The van der Waals surface area contributed by atoms with Crippen molar-refractivity contribution >= 4 is 12.0 Å². The highest BCUT2D eigenvalue weighted by molar-refractivity contribution is 5.83. The molecule has 6 heteroatoms. The van der Waals surface area contributed by atoms with Gasteiger partial charge in [-0.3, -0.25) is 4.79 Å². The van der Waals surface area contributed by atoms with Gasteiger partial charge >= 0.3 is 6.09 Å². The van der Waals surface area contributed by atoms with Gasteiger partial charge in [-0.1, -0.05) is 18.2 Å². The van der Waals surface area contributed by atoms with Gasteiger partial charge in [-0.05, 0) is 58.1 Å². The van der Waals surface area contributed by atoms with Gasteiger partial charge in [-0.15, -0.1) is 0 Å². The van der Waals surface area contributed by atoms with Crippen molar-refractivity contribution in [3.63, 3.8) is 0 Å². The third kappa shape index (κ3) is 4.73. The van der Waals surface area contributed by atoms with E-state index in [9.17, 15) is 9.59 Å². The second-order valence-electron chi connectivity index (χ2n) is 8.72. The maximum absolute atomic E-state index is 12.5. The molecule has 148 valence electrons. The molecule has 27 heavy (non-hydrogen) atoms. The molecule has 1 heterocycles. The predicted octanol–water partition coefficient (Wildman–Crippen LogP) is 2.99. The first-order valence-corrected chi connectivity index (χ1v) is 9.62. The molecule has 1 N–H and O–H groups in total. The molecular formula is C21H30N2O4. The molecule has 4 atom stereocenters. The van der Waals surface area contributed by atoms with E-state index in [4.69, 9.17) is 9.47 Å². The van der Waals surface area contributed by atoms with Gasteiger partial charge in [-0.2, -0.15) is 0 Å². The Balaban J connectivity index is 1.41. The van der Waals surface area contributed by atoms with E-state index in [0.717, 1.165) is 11.3 Å². The first-order chi connectivity index (χ1) is 12.7. The standard InChI is InChI=1S/C21H30N2O4/c1-13-8-6-7-9-17(13)26-12-14(2)22-19(24)18-15-10-23(11-16(15)18)20(25)27-21(3,4)5/h6-9,14-16,18H,10-12H2,1-5H3,(H,22,24)/t14?,15-,16+,18?. The van der Waals surface area contributed by atoms with Crippen LogP contribution < -0.4 is 10.1 Å². The summed E-state index contributed by atoms with van der Waals surface area (Å²) in [6, 6.07) is 7.77. The minimum Gasteiger partial charge on any atom is -0.491 e. The van der Waals surface area contributed by atoms with Gasteiger partial charge < -0.3 is 19.7 Å². The van der Waals surface area contributed by atoms with Crippen molar-refractivity contribution in [1.29, 1.82) is 0 Å². The lowest BCUT2D eigenvalue weighted by atomic mass is 10.2. The summed E-state index contributed by atoms with van der Waals surface area (Å²) in [6.07, 6.45) is -0.283. The molecule has 1 aromatic rings. The van der Waals surface area contributed by atoms with Crippen LogP contribution in [0.4, 0.5) is 4.79 Å². The molecule has 0 aromatic heterocycles. The summed E-state index contributed by atoms with van der Waals surface area (Å²) < 4.78 is 11.2. The number of piperidine rings is 1. The van der Waals surface area contributed by atoms with E-state index in [0.29, 0.717) is 19.7 Å². The quantitative estimate of drug-likeness (QED) is 0.860. The number of nitrogens with zero attached hydrogens (tertiary/aromatic N) is 1. The van der Waals surface area contributed by atoms with Gasteiger partial charge in [-0.25, -0.2) is 4.79 Å². The van der Waals surface area contributed by atoms with Crippen LogP contribution in [0.25, 0.3) is 0 Å². The molecule has 0 radical (unpaired) electrons. The van der Waals surface area contributed by atoms with Crippen molar-refractivity contribution in [3.05, 3.63) is 29.8 Å². The lowest BCUT2D eigenvalue weighted by Gasteiger charge is -2.26. The van der Waals surface area contributed by atoms with Crippen LogP contribution in [0.2, 0.25) is 0 Å². The number of hydrogen-bond donors (Lipinski definition) is 1. The number of likely N-dealkylation sites (tertiary alicyclic amines) is 1. The highest BCUT2D eigenvalue weighted by Crippen LogP contribution is 2.52. The van der Waals surface area contributed by atoms with E-state index in [1.54, 1.807) is 4.90 Å². The zero-order chi connectivity index (χ0) is 19.8. The first kappa shape index (κ1) is 19.5. The topological polar surface area (TPSA) is 67.9 Å². The van der Waals surface area contributed by atoms with E-state index in [-0.39, 0.29) is 35.8 Å². The molecule has 0 bridgehead atoms. The summed E-state index contributed by atoms with van der Waals surface area (Å²) in [5, 5.41) is 3.04. The van der Waals surface area contributed by atoms with Gasteiger partial charge in [0.05, 0.1) is 6.04 Å². The van der Waals surface area contributed by atoms with Gasteiger partial charge in [0.25, 0.3) is 0 Å². The molecule has 2 fully saturated rings. The summed E-state index contributed by atoms with van der Waals surface area (Å²) in [7, 11) is 0. The SMILES string of the molecule is Cc1ccccc1OCC(C)NC(=O)C1[C@H]2CN(C(=O)OC(C)(C)C)C[C@@H]12. The van der Waals surface area contributed by atoms with Gasteiger partial charge in [0.2, 0.25) is 5.91 Å². The van der Waals surface area contributed by atoms with E-state index in [2.05, 4.69) is 5.32 Å². The van der Waals surface area contributed by atoms with E-state index >= 15 is 0 Å². The van der Waals surface area contributed by atoms with E-state index < -0.39 is 5.60 Å². The van der Waals surface area contributed by atoms with Crippen LogP contribution in [0, 0.1) is 24.7 Å². The molecular weight excluding hydrogens is 344 g/mol. The van der Waals surface area contributed by atoms with Crippen LogP contribution >= 0.6 is 0 Å². The fourth-order valence-corrected chi connectivity index (χ4v) is 3.70. The van der Waals surface area contributed by atoms with Crippen LogP contribution in [-0.2, 0) is 9.53 Å². The number of benzene rings is 1. The molecule has 1 saturated heterocycles. The van der Waals surface area contributed by atoms with Gasteiger partial charge in [0.15, 0.2) is 0 Å². The minimum atomic E-state index is -0.493. The fraction of sp³-hybridized carbons (Fsp3) is 0.619. The maximum atomic E-state index is 12.5. The van der Waals surface area contributed by atoms with Crippen LogP contribution in [0.1, 0.15) is 33.3 Å². The molecule has 2 aliphatic rings. The normalized spacial score (nSPS) is 24.8. The Kier molecular flexibility index (Phi) is 5.36. The number of amides is 2. The zero-order valence-electron chi connectivity index (χ0n) is 16.8. The number of carbonyl (C=O) groups excluding carboxylic acids is 2. The number of fused-ring (bicyclic) bond motifs is 1. The predicted molar refractivity (Wildman–Crippen MR) is 103 cm³/mol. The molecule has 0 spiro atoms. The largest absolute Gasteiger partial charge is 0.491 e. The summed E-state index contributed by atoms with van der Waals surface area (Å²) in [5.74, 6) is 1.42. The first-order valence-electron chi connectivity index (χ1n) is 9.62. The van der Waals surface area contributed by atoms with Crippen molar-refractivity contribution in [1.82, 2.24) is 10.2 Å². The number of ether oxygens (including phenoxy) is 2. The van der Waals surface area contributed by atoms with Crippen molar-refractivity contribution in [2.24, 2.45) is 17.8 Å². The molecule has 2 amide bonds. The monoisotopic (exact) mass is 374 g/mol. The lowest BCUT2D eigenvalue weighted by molar-refractivity contribution is -0.124. The van der Waals surface area contributed by atoms with Crippen LogP contribution in [0.5, 0.6) is 5.75 Å². The number of aryl methyl sites for hydroxylation is 1. The fourth-order valence-electron chi connectivity index (χ4n) is 3.70. The maximum Gasteiger partial charge on any atom is 0.410 e. The van der Waals surface area contributed by atoms with Crippen molar-refractivity contribution in [2.45, 2.75) is 46.3 Å². The number of para-hydroxylation sites is 1. The van der Waals surface area contributed by atoms with Crippen molar-refractivity contribution in [2.75, 3.05) is 19.7 Å². The zero-order valence-corrected chi connectivity index (χ0v) is 16.8. The van der Waals surface area contributed by atoms with E-state index in [1.807, 2.05) is 58.9 Å². The average Bonchev–Trinajstić information content (AvgIpc) is 3.07. The van der Waals surface area contributed by atoms with Crippen LogP contribution in [0.3, 0.4) is 0 Å². The molecule has 1 saturated carbocycles. The average molecular weight is 374 g/mol. The lowest BCUT2D eigenvalue weighted by Crippen LogP contribution is -2.41. The third-order valence-corrected chi connectivity index (χ3v) is 5.12. The summed E-state index contributed by atoms with van der Waals surface area (Å²) in [5.41, 5.74) is 0.586. The smallest absolute Gasteiger partial charge is 0.410 e. The summed E-state index contributed by atoms with van der Waals surface area (Å²) in [4.78, 5) is 26.3. The Hall–Kier alpha value is -2.24. The van der Waals surface area contributed by atoms with Crippen LogP contribution in [0.15, 0.2) is 24.3 Å². The number of nitrogens with one attached hydrogen (secondary N) is 1. The van der Waals surface area contributed by atoms with Crippen LogP contribution in [-0.4, -0.2) is 48.2 Å². The Labute approximate surface area is 161 Å². The molecule has 1 aromatic carbocycles. The second-order valence-corrected chi connectivity index (χ2v) is 8.72. The van der Waals surface area contributed by atoms with Gasteiger partial charge in [0, 0.05) is 19.0 Å². The Morgan fingerprint density at radius 3 is 2.44 bits per heavy atom. The Morgan fingerprint density at radius 2 is 1.85 bits per heavy atom. The Morgan fingerprint density at radius 1 is 1.22 bits per heavy atom. The number of carbonyl (C=O) groups is 2. The minimum absolute atomic E-state index is 0.00426. The third-order valence-electron chi connectivity index (χ3n) is 5.12. The molecule has 3 rings (SSSR count). The molecule has 1 aliphatic heterocycles. The van der Waals surface area contributed by atoms with E-state index in [1.165, 1.54) is 0 Å². The summed E-state index contributed by atoms with van der Waals surface area (Å²) >= 11 is 0. The highest BCUT2D eigenvalue weighted by Gasteiger charge is 2.60. The molecule has 2 unspecified atom stereocenters. The van der Waals surface area contributed by atoms with Gasteiger partial charge in [0.1, 0.15) is 18.0 Å². The molecule has 6 nitrogen and oxygen atoms in total.